The van der Waals surface area contributed by atoms with Crippen LogP contribution in [0.4, 0.5) is 0 Å². The number of rotatable bonds is 2. The molecule has 0 aliphatic carbocycles. The molecular weight excluding hydrogens is 286 g/mol. The smallest absolute Gasteiger partial charge is 0.327 e. The SMILES string of the molecule is CC1CCNCC1NC(=O)c1cnc2[nH]c(=O)[nH]c(=O)c2c1. The van der Waals surface area contributed by atoms with Gasteiger partial charge in [0, 0.05) is 18.8 Å². The number of aromatic amines is 2. The molecule has 0 radical (unpaired) electrons. The van der Waals surface area contributed by atoms with Gasteiger partial charge in [0.1, 0.15) is 5.65 Å². The van der Waals surface area contributed by atoms with Crippen molar-refractivity contribution in [3.05, 3.63) is 38.7 Å². The van der Waals surface area contributed by atoms with Crippen LogP contribution < -0.4 is 21.9 Å². The molecule has 2 atom stereocenters. The van der Waals surface area contributed by atoms with E-state index in [4.69, 9.17) is 0 Å². The number of aromatic nitrogens is 3. The Morgan fingerprint density at radius 3 is 2.95 bits per heavy atom. The Morgan fingerprint density at radius 1 is 1.36 bits per heavy atom. The molecule has 8 nitrogen and oxygen atoms in total. The van der Waals surface area contributed by atoms with Gasteiger partial charge in [-0.25, -0.2) is 9.78 Å². The number of nitrogens with zero attached hydrogens (tertiary/aromatic N) is 1. The van der Waals surface area contributed by atoms with Crippen LogP contribution >= 0.6 is 0 Å². The lowest BCUT2D eigenvalue weighted by Crippen LogP contribution is -2.50. The van der Waals surface area contributed by atoms with E-state index in [0.717, 1.165) is 19.5 Å². The highest BCUT2D eigenvalue weighted by Gasteiger charge is 2.23. The van der Waals surface area contributed by atoms with Crippen molar-refractivity contribution in [2.45, 2.75) is 19.4 Å². The number of carbonyl (C=O) groups is 1. The number of hydrogen-bond acceptors (Lipinski definition) is 5. The number of H-pyrrole nitrogens is 2. The molecule has 1 aliphatic heterocycles. The molecule has 116 valence electrons. The zero-order valence-corrected chi connectivity index (χ0v) is 12.1. The summed E-state index contributed by atoms with van der Waals surface area (Å²) in [7, 11) is 0. The number of amides is 1. The van der Waals surface area contributed by atoms with E-state index >= 15 is 0 Å². The molecule has 0 aromatic carbocycles. The van der Waals surface area contributed by atoms with Crippen LogP contribution in [0, 0.1) is 5.92 Å². The summed E-state index contributed by atoms with van der Waals surface area (Å²) < 4.78 is 0. The minimum Gasteiger partial charge on any atom is -0.348 e. The molecule has 0 saturated carbocycles. The normalized spacial score (nSPS) is 21.7. The predicted molar refractivity (Wildman–Crippen MR) is 80.9 cm³/mol. The monoisotopic (exact) mass is 303 g/mol. The Bertz CT molecular complexity index is 825. The molecule has 1 amide bonds. The second kappa shape index (κ2) is 5.72. The fourth-order valence-corrected chi connectivity index (χ4v) is 2.61. The third-order valence-corrected chi connectivity index (χ3v) is 4.00. The van der Waals surface area contributed by atoms with E-state index < -0.39 is 11.2 Å². The maximum Gasteiger partial charge on any atom is 0.327 e. The molecule has 1 saturated heterocycles. The number of piperidine rings is 1. The average Bonchev–Trinajstić information content (AvgIpc) is 2.49. The Hall–Kier alpha value is -2.48. The first-order chi connectivity index (χ1) is 10.5. The molecule has 8 heteroatoms. The summed E-state index contributed by atoms with van der Waals surface area (Å²) in [4.78, 5) is 43.8. The maximum atomic E-state index is 12.3. The number of nitrogens with one attached hydrogen (secondary N) is 4. The maximum absolute atomic E-state index is 12.3. The van der Waals surface area contributed by atoms with Crippen LogP contribution in [-0.2, 0) is 0 Å². The van der Waals surface area contributed by atoms with Crippen LogP contribution in [0.2, 0.25) is 0 Å². The highest BCUT2D eigenvalue weighted by molar-refractivity contribution is 5.96. The highest BCUT2D eigenvalue weighted by Crippen LogP contribution is 2.12. The Morgan fingerprint density at radius 2 is 2.18 bits per heavy atom. The Labute approximate surface area is 125 Å². The molecule has 1 aliphatic rings. The minimum atomic E-state index is -0.621. The van der Waals surface area contributed by atoms with Crippen LogP contribution in [-0.4, -0.2) is 40.0 Å². The van der Waals surface area contributed by atoms with Gasteiger partial charge in [0.2, 0.25) is 0 Å². The highest BCUT2D eigenvalue weighted by atomic mass is 16.2. The lowest BCUT2D eigenvalue weighted by Gasteiger charge is -2.30. The summed E-state index contributed by atoms with van der Waals surface area (Å²) >= 11 is 0. The van der Waals surface area contributed by atoms with Crippen LogP contribution in [0.3, 0.4) is 0 Å². The van der Waals surface area contributed by atoms with Gasteiger partial charge in [-0.15, -0.1) is 0 Å². The first-order valence-electron chi connectivity index (χ1n) is 7.18. The molecule has 1 fully saturated rings. The summed E-state index contributed by atoms with van der Waals surface area (Å²) in [6.45, 7) is 3.77. The molecule has 3 heterocycles. The third-order valence-electron chi connectivity index (χ3n) is 4.00. The first kappa shape index (κ1) is 14.5. The summed E-state index contributed by atoms with van der Waals surface area (Å²) in [5, 5.41) is 6.38. The summed E-state index contributed by atoms with van der Waals surface area (Å²) in [5.41, 5.74) is -0.723. The molecule has 0 bridgehead atoms. The van der Waals surface area contributed by atoms with Crippen molar-refractivity contribution < 1.29 is 4.79 Å². The van der Waals surface area contributed by atoms with Crippen molar-refractivity contribution >= 4 is 16.9 Å². The second-order valence-corrected chi connectivity index (χ2v) is 5.58. The number of carbonyl (C=O) groups excluding carboxylic acids is 1. The largest absolute Gasteiger partial charge is 0.348 e. The fraction of sp³-hybridized carbons (Fsp3) is 0.429. The van der Waals surface area contributed by atoms with E-state index in [9.17, 15) is 14.4 Å². The summed E-state index contributed by atoms with van der Waals surface area (Å²) in [6.07, 6.45) is 2.36. The second-order valence-electron chi connectivity index (χ2n) is 5.58. The minimum absolute atomic E-state index is 0.0470. The number of pyridine rings is 1. The van der Waals surface area contributed by atoms with Crippen molar-refractivity contribution in [2.75, 3.05) is 13.1 Å². The molecule has 2 unspecified atom stereocenters. The van der Waals surface area contributed by atoms with Gasteiger partial charge in [-0.3, -0.25) is 19.6 Å². The Kier molecular flexibility index (Phi) is 3.76. The number of hydrogen-bond donors (Lipinski definition) is 4. The van der Waals surface area contributed by atoms with Gasteiger partial charge in [0.25, 0.3) is 11.5 Å². The third kappa shape index (κ3) is 2.77. The average molecular weight is 303 g/mol. The zero-order chi connectivity index (χ0) is 15.7. The van der Waals surface area contributed by atoms with E-state index in [1.165, 1.54) is 12.3 Å². The molecule has 2 aromatic rings. The van der Waals surface area contributed by atoms with Gasteiger partial charge in [0.15, 0.2) is 0 Å². The lowest BCUT2D eigenvalue weighted by atomic mass is 9.94. The standard InChI is InChI=1S/C14H17N5O3/c1-7-2-3-15-6-10(7)17-12(20)8-4-9-11(16-5-8)18-14(22)19-13(9)21/h4-5,7,10,15H,2-3,6H2,1H3,(H,17,20)(H2,16,18,19,21,22). The van der Waals surface area contributed by atoms with Crippen molar-refractivity contribution in [2.24, 2.45) is 5.92 Å². The van der Waals surface area contributed by atoms with Crippen LogP contribution in [0.5, 0.6) is 0 Å². The van der Waals surface area contributed by atoms with Gasteiger partial charge in [-0.2, -0.15) is 0 Å². The van der Waals surface area contributed by atoms with Gasteiger partial charge in [-0.05, 0) is 24.9 Å². The number of fused-ring (bicyclic) bond motifs is 1. The molecule has 22 heavy (non-hydrogen) atoms. The van der Waals surface area contributed by atoms with E-state index in [0.29, 0.717) is 11.5 Å². The van der Waals surface area contributed by atoms with E-state index in [2.05, 4.69) is 32.5 Å². The molecule has 0 spiro atoms. The molecular formula is C14H17N5O3. The van der Waals surface area contributed by atoms with Crippen molar-refractivity contribution in [3.63, 3.8) is 0 Å². The zero-order valence-electron chi connectivity index (χ0n) is 12.1. The van der Waals surface area contributed by atoms with Crippen LogP contribution in [0.25, 0.3) is 11.0 Å². The topological polar surface area (TPSA) is 120 Å². The van der Waals surface area contributed by atoms with Crippen LogP contribution in [0.1, 0.15) is 23.7 Å². The van der Waals surface area contributed by atoms with Crippen molar-refractivity contribution in [3.8, 4) is 0 Å². The summed E-state index contributed by atoms with van der Waals surface area (Å²) in [5.74, 6) is 0.110. The van der Waals surface area contributed by atoms with Gasteiger partial charge < -0.3 is 10.6 Å². The van der Waals surface area contributed by atoms with E-state index in [-0.39, 0.29) is 23.0 Å². The van der Waals surface area contributed by atoms with Crippen LogP contribution in [0.15, 0.2) is 21.9 Å². The summed E-state index contributed by atoms with van der Waals surface area (Å²) in [6, 6.07) is 1.48. The van der Waals surface area contributed by atoms with Crippen molar-refractivity contribution in [1.29, 1.82) is 0 Å². The molecule has 4 N–H and O–H groups in total. The van der Waals surface area contributed by atoms with Gasteiger partial charge >= 0.3 is 5.69 Å². The Balaban J connectivity index is 1.88. The van der Waals surface area contributed by atoms with E-state index in [1.54, 1.807) is 0 Å². The lowest BCUT2D eigenvalue weighted by molar-refractivity contribution is 0.0915. The van der Waals surface area contributed by atoms with E-state index in [1.807, 2.05) is 0 Å². The van der Waals surface area contributed by atoms with Gasteiger partial charge in [0.05, 0.1) is 10.9 Å². The fourth-order valence-electron chi connectivity index (χ4n) is 2.61. The quantitative estimate of drug-likeness (QED) is 0.587. The first-order valence-corrected chi connectivity index (χ1v) is 7.18. The molecule has 3 rings (SSSR count). The predicted octanol–water partition coefficient (Wildman–Crippen LogP) is -0.661. The van der Waals surface area contributed by atoms with Crippen molar-refractivity contribution in [1.82, 2.24) is 25.6 Å². The van der Waals surface area contributed by atoms with Gasteiger partial charge in [-0.1, -0.05) is 6.92 Å². The molecule has 2 aromatic heterocycles.